The molecule has 0 saturated carbocycles. The Morgan fingerprint density at radius 3 is 2.70 bits per heavy atom. The zero-order valence-electron chi connectivity index (χ0n) is 12.9. The standard InChI is InChI=1S/C15H18N4O3S/c1-10(11-6-4-3-5-7-11)8-13-18-19-15(22-13)23-9-12(20)17-14(21)16-2/h3-7,10H,8-9H2,1-2H3,(H2,16,17,20,21)/t10-/m1/s1. The predicted octanol–water partition coefficient (Wildman–Crippen LogP) is 1.96. The van der Waals surface area contributed by atoms with Crippen LogP contribution in [-0.4, -0.2) is 34.9 Å². The van der Waals surface area contributed by atoms with Gasteiger partial charge in [0.15, 0.2) is 0 Å². The van der Waals surface area contributed by atoms with Crippen LogP contribution in [0.5, 0.6) is 0 Å². The molecule has 122 valence electrons. The predicted molar refractivity (Wildman–Crippen MR) is 86.2 cm³/mol. The topological polar surface area (TPSA) is 97.1 Å². The Balaban J connectivity index is 1.84. The van der Waals surface area contributed by atoms with E-state index >= 15 is 0 Å². The summed E-state index contributed by atoms with van der Waals surface area (Å²) in [5.74, 6) is 0.386. The van der Waals surface area contributed by atoms with Crippen molar-refractivity contribution >= 4 is 23.7 Å². The number of rotatable bonds is 6. The number of hydrogen-bond donors (Lipinski definition) is 2. The van der Waals surface area contributed by atoms with Gasteiger partial charge in [0.05, 0.1) is 5.75 Å². The summed E-state index contributed by atoms with van der Waals surface area (Å²) in [5, 5.41) is 12.7. The summed E-state index contributed by atoms with van der Waals surface area (Å²) in [4.78, 5) is 22.5. The molecule has 23 heavy (non-hydrogen) atoms. The number of nitrogens with one attached hydrogen (secondary N) is 2. The lowest BCUT2D eigenvalue weighted by Crippen LogP contribution is -2.38. The molecule has 0 aliphatic heterocycles. The third-order valence-corrected chi connectivity index (χ3v) is 3.92. The minimum atomic E-state index is -0.543. The van der Waals surface area contributed by atoms with Crippen molar-refractivity contribution in [3.63, 3.8) is 0 Å². The van der Waals surface area contributed by atoms with Gasteiger partial charge in [0, 0.05) is 13.5 Å². The number of amides is 3. The molecule has 7 nitrogen and oxygen atoms in total. The lowest BCUT2D eigenvalue weighted by molar-refractivity contribution is -0.117. The molecular formula is C15H18N4O3S. The maximum atomic E-state index is 11.5. The van der Waals surface area contributed by atoms with Gasteiger partial charge >= 0.3 is 6.03 Å². The quantitative estimate of drug-likeness (QED) is 0.784. The molecule has 2 N–H and O–H groups in total. The minimum Gasteiger partial charge on any atom is -0.416 e. The van der Waals surface area contributed by atoms with E-state index in [2.05, 4.69) is 39.9 Å². The van der Waals surface area contributed by atoms with Crippen LogP contribution in [0, 0.1) is 0 Å². The maximum absolute atomic E-state index is 11.5. The monoisotopic (exact) mass is 334 g/mol. The number of carbonyl (C=O) groups is 2. The molecule has 3 amide bonds. The zero-order valence-corrected chi connectivity index (χ0v) is 13.7. The van der Waals surface area contributed by atoms with Crippen molar-refractivity contribution in [1.82, 2.24) is 20.8 Å². The van der Waals surface area contributed by atoms with Gasteiger partial charge in [-0.05, 0) is 11.5 Å². The van der Waals surface area contributed by atoms with Crippen LogP contribution >= 0.6 is 11.8 Å². The van der Waals surface area contributed by atoms with Crippen molar-refractivity contribution in [2.75, 3.05) is 12.8 Å². The van der Waals surface area contributed by atoms with Crippen LogP contribution < -0.4 is 10.6 Å². The lowest BCUT2D eigenvalue weighted by Gasteiger charge is -2.08. The molecule has 0 bridgehead atoms. The van der Waals surface area contributed by atoms with Crippen molar-refractivity contribution in [3.8, 4) is 0 Å². The van der Waals surface area contributed by atoms with Gasteiger partial charge in [0.1, 0.15) is 0 Å². The molecule has 0 unspecified atom stereocenters. The van der Waals surface area contributed by atoms with Crippen molar-refractivity contribution in [2.24, 2.45) is 0 Å². The summed E-state index contributed by atoms with van der Waals surface area (Å²) in [6, 6.07) is 9.53. The average molecular weight is 334 g/mol. The Morgan fingerprint density at radius 1 is 1.26 bits per heavy atom. The summed E-state index contributed by atoms with van der Waals surface area (Å²) < 4.78 is 5.52. The van der Waals surface area contributed by atoms with Crippen LogP contribution in [0.1, 0.15) is 24.3 Å². The number of imide groups is 1. The van der Waals surface area contributed by atoms with Crippen LogP contribution in [0.2, 0.25) is 0 Å². The van der Waals surface area contributed by atoms with Crippen LogP contribution in [0.15, 0.2) is 40.0 Å². The molecule has 0 spiro atoms. The Kier molecular flexibility index (Phi) is 6.16. The van der Waals surface area contributed by atoms with Crippen LogP contribution in [-0.2, 0) is 11.2 Å². The number of urea groups is 1. The third-order valence-electron chi connectivity index (χ3n) is 3.10. The lowest BCUT2D eigenvalue weighted by atomic mass is 9.98. The molecular weight excluding hydrogens is 316 g/mol. The van der Waals surface area contributed by atoms with Gasteiger partial charge in [-0.15, -0.1) is 10.2 Å². The number of thioether (sulfide) groups is 1. The number of aromatic nitrogens is 2. The molecule has 0 aliphatic rings. The van der Waals surface area contributed by atoms with E-state index in [4.69, 9.17) is 4.42 Å². The maximum Gasteiger partial charge on any atom is 0.321 e. The third kappa shape index (κ3) is 5.41. The second-order valence-corrected chi connectivity index (χ2v) is 5.82. The Morgan fingerprint density at radius 2 is 2.00 bits per heavy atom. The van der Waals surface area contributed by atoms with Gasteiger partial charge < -0.3 is 9.73 Å². The molecule has 0 saturated heterocycles. The Labute approximate surface area is 138 Å². The summed E-state index contributed by atoms with van der Waals surface area (Å²) in [5.41, 5.74) is 1.20. The zero-order chi connectivity index (χ0) is 16.7. The van der Waals surface area contributed by atoms with E-state index in [9.17, 15) is 9.59 Å². The molecule has 1 heterocycles. The fourth-order valence-electron chi connectivity index (χ4n) is 1.89. The molecule has 2 aromatic rings. The average Bonchev–Trinajstić information content (AvgIpc) is 3.01. The molecule has 1 aromatic carbocycles. The molecule has 0 radical (unpaired) electrons. The Hall–Kier alpha value is -2.35. The molecule has 0 aliphatic carbocycles. The second kappa shape index (κ2) is 8.33. The Bertz CT molecular complexity index is 660. The van der Waals surface area contributed by atoms with Gasteiger partial charge in [0.25, 0.3) is 5.22 Å². The second-order valence-electron chi connectivity index (χ2n) is 4.89. The van der Waals surface area contributed by atoms with Crippen LogP contribution in [0.4, 0.5) is 4.79 Å². The molecule has 0 fully saturated rings. The van der Waals surface area contributed by atoms with E-state index in [-0.39, 0.29) is 11.7 Å². The van der Waals surface area contributed by atoms with Crippen molar-refractivity contribution < 1.29 is 14.0 Å². The molecule has 2 rings (SSSR count). The van der Waals surface area contributed by atoms with Gasteiger partial charge in [-0.3, -0.25) is 10.1 Å². The molecule has 1 aromatic heterocycles. The van der Waals surface area contributed by atoms with E-state index in [1.54, 1.807) is 0 Å². The van der Waals surface area contributed by atoms with E-state index in [1.165, 1.54) is 12.6 Å². The van der Waals surface area contributed by atoms with Crippen LogP contribution in [0.3, 0.4) is 0 Å². The smallest absolute Gasteiger partial charge is 0.321 e. The number of benzene rings is 1. The van der Waals surface area contributed by atoms with E-state index < -0.39 is 11.9 Å². The summed E-state index contributed by atoms with van der Waals surface area (Å²) in [6.07, 6.45) is 0.627. The first kappa shape index (κ1) is 17.0. The fourth-order valence-corrected chi connectivity index (χ4v) is 2.47. The first-order chi connectivity index (χ1) is 11.1. The van der Waals surface area contributed by atoms with Gasteiger partial charge in [-0.1, -0.05) is 49.0 Å². The van der Waals surface area contributed by atoms with Crippen LogP contribution in [0.25, 0.3) is 0 Å². The largest absolute Gasteiger partial charge is 0.416 e. The number of nitrogens with zero attached hydrogens (tertiary/aromatic N) is 2. The van der Waals surface area contributed by atoms with Gasteiger partial charge in [-0.2, -0.15) is 0 Å². The first-order valence-electron chi connectivity index (χ1n) is 7.10. The van der Waals surface area contributed by atoms with Gasteiger partial charge in [0.2, 0.25) is 11.8 Å². The van der Waals surface area contributed by atoms with Gasteiger partial charge in [-0.25, -0.2) is 4.79 Å². The summed E-state index contributed by atoms with van der Waals surface area (Å²) in [7, 11) is 1.44. The summed E-state index contributed by atoms with van der Waals surface area (Å²) in [6.45, 7) is 2.09. The fraction of sp³-hybridized carbons (Fsp3) is 0.333. The van der Waals surface area contributed by atoms with E-state index in [0.29, 0.717) is 17.5 Å². The van der Waals surface area contributed by atoms with E-state index in [0.717, 1.165) is 11.8 Å². The molecule has 1 atom stereocenters. The SMILES string of the molecule is CNC(=O)NC(=O)CSc1nnc(C[C@@H](C)c2ccccc2)o1. The first-order valence-corrected chi connectivity index (χ1v) is 8.08. The highest BCUT2D eigenvalue weighted by Crippen LogP contribution is 2.22. The highest BCUT2D eigenvalue weighted by Gasteiger charge is 2.14. The highest BCUT2D eigenvalue weighted by atomic mass is 32.2. The van der Waals surface area contributed by atoms with Crippen molar-refractivity contribution in [1.29, 1.82) is 0 Å². The summed E-state index contributed by atoms with van der Waals surface area (Å²) >= 11 is 1.09. The number of hydrogen-bond acceptors (Lipinski definition) is 6. The normalized spacial score (nSPS) is 11.7. The molecule has 8 heteroatoms. The van der Waals surface area contributed by atoms with Crippen molar-refractivity contribution in [2.45, 2.75) is 24.5 Å². The van der Waals surface area contributed by atoms with Crippen molar-refractivity contribution in [3.05, 3.63) is 41.8 Å². The minimum absolute atomic E-state index is 0.0310. The van der Waals surface area contributed by atoms with E-state index in [1.807, 2.05) is 18.2 Å². The number of carbonyl (C=O) groups excluding carboxylic acids is 2. The highest BCUT2D eigenvalue weighted by molar-refractivity contribution is 7.99.